The minimum absolute atomic E-state index is 0.0619. The minimum Gasteiger partial charge on any atom is -0.473 e. The Hall–Kier alpha value is -1.14. The average Bonchev–Trinajstić information content (AvgIpc) is 2.73. The largest absolute Gasteiger partial charge is 0.473 e. The molecule has 2 rings (SSSR count). The molecule has 0 amide bonds. The second-order valence-corrected chi connectivity index (χ2v) is 5.83. The van der Waals surface area contributed by atoms with E-state index in [2.05, 4.69) is 44.6 Å². The summed E-state index contributed by atoms with van der Waals surface area (Å²) in [6.45, 7) is 4.79. The molecular formula is C12H17BrN4O. The van der Waals surface area contributed by atoms with Crippen LogP contribution in [-0.2, 0) is 0 Å². The zero-order valence-corrected chi connectivity index (χ0v) is 12.6. The second-order valence-electron chi connectivity index (χ2n) is 5.02. The molecule has 2 aromatic heterocycles. The van der Waals surface area contributed by atoms with Gasteiger partial charge in [0.25, 0.3) is 5.88 Å². The number of halogens is 1. The Morgan fingerprint density at radius 3 is 2.83 bits per heavy atom. The number of fused-ring (bicyclic) bond motifs is 1. The number of rotatable bonds is 4. The Kier molecular flexibility index (Phi) is 3.59. The lowest BCUT2D eigenvalue weighted by atomic mass is 10.1. The highest BCUT2D eigenvalue weighted by Gasteiger charge is 2.22. The van der Waals surface area contributed by atoms with Crippen LogP contribution >= 0.6 is 15.9 Å². The molecule has 0 spiro atoms. The standard InChI is InChI=1S/C12H17BrN4O/c1-12(2,16(3)4)8-18-11-10-14-5-6-17(10)7-9(13)15-11/h5-7H,8H2,1-4H3. The highest BCUT2D eigenvalue weighted by Crippen LogP contribution is 2.21. The normalized spacial score (nSPS) is 12.3. The third kappa shape index (κ3) is 2.64. The van der Waals surface area contributed by atoms with Gasteiger partial charge in [0.1, 0.15) is 11.2 Å². The molecule has 0 unspecified atom stereocenters. The van der Waals surface area contributed by atoms with Crippen LogP contribution in [0.1, 0.15) is 13.8 Å². The van der Waals surface area contributed by atoms with E-state index in [1.807, 2.05) is 30.9 Å². The predicted molar refractivity (Wildman–Crippen MR) is 73.9 cm³/mol. The summed E-state index contributed by atoms with van der Waals surface area (Å²) in [7, 11) is 4.06. The van der Waals surface area contributed by atoms with E-state index >= 15 is 0 Å². The van der Waals surface area contributed by atoms with Crippen molar-refractivity contribution in [2.75, 3.05) is 20.7 Å². The molecule has 0 saturated carbocycles. The Balaban J connectivity index is 2.24. The number of likely N-dealkylation sites (N-methyl/N-ethyl adjacent to an activating group) is 1. The lowest BCUT2D eigenvalue weighted by Gasteiger charge is -2.31. The van der Waals surface area contributed by atoms with Crippen LogP contribution in [0.3, 0.4) is 0 Å². The molecule has 0 aromatic carbocycles. The first-order chi connectivity index (χ1) is 8.40. The van der Waals surface area contributed by atoms with E-state index in [9.17, 15) is 0 Å². The van der Waals surface area contributed by atoms with Crippen molar-refractivity contribution < 1.29 is 4.74 Å². The highest BCUT2D eigenvalue weighted by molar-refractivity contribution is 9.10. The van der Waals surface area contributed by atoms with Gasteiger partial charge in [-0.1, -0.05) is 0 Å². The van der Waals surface area contributed by atoms with Crippen molar-refractivity contribution in [2.45, 2.75) is 19.4 Å². The summed E-state index contributed by atoms with van der Waals surface area (Å²) in [5, 5.41) is 0. The van der Waals surface area contributed by atoms with E-state index in [0.717, 1.165) is 10.3 Å². The summed E-state index contributed by atoms with van der Waals surface area (Å²) < 4.78 is 8.43. The first kappa shape index (κ1) is 13.3. The first-order valence-electron chi connectivity index (χ1n) is 5.69. The van der Waals surface area contributed by atoms with E-state index in [-0.39, 0.29) is 5.54 Å². The molecule has 0 aliphatic carbocycles. The Bertz CT molecular complexity index is 550. The maximum atomic E-state index is 5.82. The first-order valence-corrected chi connectivity index (χ1v) is 6.49. The van der Waals surface area contributed by atoms with Gasteiger partial charge in [0.2, 0.25) is 5.65 Å². The van der Waals surface area contributed by atoms with Crippen molar-refractivity contribution >= 4 is 21.6 Å². The number of aromatic nitrogens is 3. The summed E-state index contributed by atoms with van der Waals surface area (Å²) in [6.07, 6.45) is 5.45. The van der Waals surface area contributed by atoms with Crippen LogP contribution in [-0.4, -0.2) is 45.5 Å². The lowest BCUT2D eigenvalue weighted by Crippen LogP contribution is -2.43. The summed E-state index contributed by atoms with van der Waals surface area (Å²) in [4.78, 5) is 10.7. The fraction of sp³-hybridized carbons (Fsp3) is 0.500. The van der Waals surface area contributed by atoms with Crippen LogP contribution in [0.2, 0.25) is 0 Å². The van der Waals surface area contributed by atoms with Gasteiger partial charge in [-0.3, -0.25) is 4.40 Å². The highest BCUT2D eigenvalue weighted by atomic mass is 79.9. The fourth-order valence-electron chi connectivity index (χ4n) is 1.34. The van der Waals surface area contributed by atoms with Gasteiger partial charge in [0.05, 0.1) is 0 Å². The quantitative estimate of drug-likeness (QED) is 0.868. The molecule has 6 heteroatoms. The Morgan fingerprint density at radius 1 is 1.44 bits per heavy atom. The molecular weight excluding hydrogens is 296 g/mol. The molecule has 0 atom stereocenters. The molecule has 0 N–H and O–H groups in total. The van der Waals surface area contributed by atoms with Gasteiger partial charge in [0.15, 0.2) is 0 Å². The molecule has 0 bridgehead atoms. The number of imidazole rings is 1. The van der Waals surface area contributed by atoms with E-state index in [1.54, 1.807) is 6.20 Å². The van der Waals surface area contributed by atoms with Crippen LogP contribution in [0.25, 0.3) is 5.65 Å². The number of ether oxygens (including phenoxy) is 1. The monoisotopic (exact) mass is 312 g/mol. The van der Waals surface area contributed by atoms with Gasteiger partial charge in [-0.05, 0) is 43.9 Å². The van der Waals surface area contributed by atoms with Crippen molar-refractivity contribution in [2.24, 2.45) is 0 Å². The van der Waals surface area contributed by atoms with Crippen molar-refractivity contribution in [1.29, 1.82) is 0 Å². The molecule has 0 saturated heterocycles. The summed E-state index contributed by atoms with van der Waals surface area (Å²) in [6, 6.07) is 0. The van der Waals surface area contributed by atoms with Crippen LogP contribution in [0.15, 0.2) is 23.2 Å². The zero-order chi connectivity index (χ0) is 13.3. The molecule has 0 aliphatic heterocycles. The smallest absolute Gasteiger partial charge is 0.259 e. The number of hydrogen-bond donors (Lipinski definition) is 0. The van der Waals surface area contributed by atoms with Crippen molar-refractivity contribution in [3.8, 4) is 5.88 Å². The molecule has 0 aliphatic rings. The third-order valence-electron chi connectivity index (χ3n) is 3.09. The van der Waals surface area contributed by atoms with Crippen LogP contribution in [0, 0.1) is 0 Å². The Morgan fingerprint density at radius 2 is 2.17 bits per heavy atom. The van der Waals surface area contributed by atoms with Crippen molar-refractivity contribution in [1.82, 2.24) is 19.3 Å². The third-order valence-corrected chi connectivity index (χ3v) is 3.47. The molecule has 0 fully saturated rings. The Labute approximate surface area is 115 Å². The van der Waals surface area contributed by atoms with E-state index < -0.39 is 0 Å². The van der Waals surface area contributed by atoms with Crippen LogP contribution < -0.4 is 4.74 Å². The lowest BCUT2D eigenvalue weighted by molar-refractivity contribution is 0.111. The summed E-state index contributed by atoms with van der Waals surface area (Å²) in [5.74, 6) is 0.546. The maximum absolute atomic E-state index is 5.82. The van der Waals surface area contributed by atoms with Gasteiger partial charge >= 0.3 is 0 Å². The molecule has 18 heavy (non-hydrogen) atoms. The fourth-order valence-corrected chi connectivity index (χ4v) is 1.73. The van der Waals surface area contributed by atoms with Gasteiger partial charge in [-0.25, -0.2) is 9.97 Å². The van der Waals surface area contributed by atoms with Crippen molar-refractivity contribution in [3.05, 3.63) is 23.2 Å². The van der Waals surface area contributed by atoms with E-state index in [0.29, 0.717) is 12.5 Å². The van der Waals surface area contributed by atoms with Crippen molar-refractivity contribution in [3.63, 3.8) is 0 Å². The molecule has 2 heterocycles. The minimum atomic E-state index is -0.0619. The summed E-state index contributed by atoms with van der Waals surface area (Å²) in [5.41, 5.74) is 0.667. The molecule has 5 nitrogen and oxygen atoms in total. The van der Waals surface area contributed by atoms with Crippen LogP contribution in [0.4, 0.5) is 0 Å². The topological polar surface area (TPSA) is 42.7 Å². The molecule has 0 radical (unpaired) electrons. The van der Waals surface area contributed by atoms with E-state index in [4.69, 9.17) is 4.74 Å². The van der Waals surface area contributed by atoms with Crippen LogP contribution in [0.5, 0.6) is 5.88 Å². The van der Waals surface area contributed by atoms with Gasteiger partial charge in [-0.15, -0.1) is 0 Å². The number of nitrogens with zero attached hydrogens (tertiary/aromatic N) is 4. The molecule has 2 aromatic rings. The number of hydrogen-bond acceptors (Lipinski definition) is 4. The predicted octanol–water partition coefficient (Wildman–Crippen LogP) is 2.21. The average molecular weight is 313 g/mol. The van der Waals surface area contributed by atoms with Gasteiger partial charge < -0.3 is 9.64 Å². The molecule has 98 valence electrons. The second kappa shape index (κ2) is 4.85. The zero-order valence-electron chi connectivity index (χ0n) is 11.0. The summed E-state index contributed by atoms with van der Waals surface area (Å²) >= 11 is 3.37. The van der Waals surface area contributed by atoms with E-state index in [1.165, 1.54) is 0 Å². The van der Waals surface area contributed by atoms with Gasteiger partial charge in [0, 0.05) is 24.1 Å². The van der Waals surface area contributed by atoms with Gasteiger partial charge in [-0.2, -0.15) is 0 Å². The SMILES string of the molecule is CN(C)C(C)(C)COc1nc(Br)cn2ccnc12. The maximum Gasteiger partial charge on any atom is 0.259 e.